The fraction of sp³-hybridized carbons (Fsp3) is 0.600. The Kier molecular flexibility index (Phi) is 4.89. The van der Waals surface area contributed by atoms with E-state index in [0.29, 0.717) is 30.8 Å². The molecule has 2 saturated carbocycles. The number of hydrogen-bond donors (Lipinski definition) is 2. The monoisotopic (exact) mass is 434 g/mol. The van der Waals surface area contributed by atoms with Gasteiger partial charge in [-0.15, -0.1) is 0 Å². The number of rotatable bonds is 6. The SMILES string of the molecule is CNCc1nc2n(c1CNC(=O)C1=CC=CC3CC13)C1(N3CCN(C)CC3)CC1C=CC2. The van der Waals surface area contributed by atoms with Crippen LogP contribution in [0.5, 0.6) is 0 Å². The second-order valence-electron chi connectivity index (χ2n) is 10.1. The van der Waals surface area contributed by atoms with E-state index >= 15 is 0 Å². The highest BCUT2D eigenvalue weighted by molar-refractivity contribution is 5.95. The third-order valence-electron chi connectivity index (χ3n) is 8.08. The van der Waals surface area contributed by atoms with Gasteiger partial charge < -0.3 is 20.1 Å². The molecule has 1 aromatic heterocycles. The topological polar surface area (TPSA) is 65.4 Å². The van der Waals surface area contributed by atoms with Crippen LogP contribution in [-0.4, -0.2) is 65.5 Å². The lowest BCUT2D eigenvalue weighted by Gasteiger charge is -2.40. The van der Waals surface area contributed by atoms with Crippen molar-refractivity contribution in [1.29, 1.82) is 0 Å². The van der Waals surface area contributed by atoms with Crippen molar-refractivity contribution in [2.75, 3.05) is 40.3 Å². The first-order chi connectivity index (χ1) is 15.6. The van der Waals surface area contributed by atoms with Crippen molar-refractivity contribution in [3.63, 3.8) is 0 Å². The fourth-order valence-electron chi connectivity index (χ4n) is 6.14. The molecule has 1 amide bonds. The number of allylic oxidation sites excluding steroid dienone is 4. The second kappa shape index (κ2) is 7.68. The van der Waals surface area contributed by atoms with Crippen molar-refractivity contribution in [2.24, 2.45) is 17.8 Å². The van der Waals surface area contributed by atoms with Gasteiger partial charge in [0.2, 0.25) is 5.91 Å². The van der Waals surface area contributed by atoms with Gasteiger partial charge in [0.15, 0.2) is 0 Å². The smallest absolute Gasteiger partial charge is 0.247 e. The quantitative estimate of drug-likeness (QED) is 0.663. The van der Waals surface area contributed by atoms with Gasteiger partial charge in [-0.3, -0.25) is 9.69 Å². The first-order valence-corrected chi connectivity index (χ1v) is 12.1. The van der Waals surface area contributed by atoms with E-state index in [1.165, 1.54) is 5.69 Å². The molecule has 6 rings (SSSR count). The number of carbonyl (C=O) groups excluding carboxylic acids is 1. The minimum absolute atomic E-state index is 0.0168. The fourth-order valence-corrected chi connectivity index (χ4v) is 6.14. The number of carbonyl (C=O) groups is 1. The van der Waals surface area contributed by atoms with Crippen LogP contribution < -0.4 is 10.6 Å². The van der Waals surface area contributed by atoms with E-state index in [9.17, 15) is 4.79 Å². The minimum atomic E-state index is -0.0168. The van der Waals surface area contributed by atoms with E-state index < -0.39 is 0 Å². The Morgan fingerprint density at radius 1 is 1.22 bits per heavy atom. The van der Waals surface area contributed by atoms with Crippen molar-refractivity contribution < 1.29 is 4.79 Å². The molecule has 7 nitrogen and oxygen atoms in total. The molecule has 32 heavy (non-hydrogen) atoms. The highest BCUT2D eigenvalue weighted by Gasteiger charge is 2.60. The van der Waals surface area contributed by atoms with Gasteiger partial charge in [-0.1, -0.05) is 30.4 Å². The number of fused-ring (bicyclic) bond motifs is 4. The van der Waals surface area contributed by atoms with Crippen LogP contribution in [0.25, 0.3) is 0 Å². The van der Waals surface area contributed by atoms with Crippen LogP contribution in [0.2, 0.25) is 0 Å². The number of nitrogens with one attached hydrogen (secondary N) is 2. The summed E-state index contributed by atoms with van der Waals surface area (Å²) >= 11 is 0. The normalized spacial score (nSPS) is 33.1. The van der Waals surface area contributed by atoms with E-state index in [0.717, 1.165) is 62.5 Å². The Balaban J connectivity index is 1.32. The minimum Gasteiger partial charge on any atom is -0.347 e. The Bertz CT molecular complexity index is 1010. The van der Waals surface area contributed by atoms with E-state index in [-0.39, 0.29) is 11.6 Å². The molecule has 3 fully saturated rings. The zero-order valence-corrected chi connectivity index (χ0v) is 19.2. The highest BCUT2D eigenvalue weighted by atomic mass is 16.1. The Morgan fingerprint density at radius 2 is 2.06 bits per heavy atom. The molecule has 0 spiro atoms. The Hall–Kier alpha value is -2.22. The van der Waals surface area contributed by atoms with Gasteiger partial charge in [-0.25, -0.2) is 4.98 Å². The summed E-state index contributed by atoms with van der Waals surface area (Å²) in [6, 6.07) is 0. The molecule has 2 aliphatic heterocycles. The lowest BCUT2D eigenvalue weighted by atomic mass is 10.0. The molecule has 5 aliphatic rings. The zero-order chi connectivity index (χ0) is 21.9. The molecule has 4 unspecified atom stereocenters. The van der Waals surface area contributed by atoms with Crippen LogP contribution in [-0.2, 0) is 30.0 Å². The van der Waals surface area contributed by atoms with E-state index in [4.69, 9.17) is 4.98 Å². The van der Waals surface area contributed by atoms with Crippen molar-refractivity contribution >= 4 is 5.91 Å². The van der Waals surface area contributed by atoms with Crippen molar-refractivity contribution in [3.8, 4) is 0 Å². The Labute approximate surface area is 190 Å². The molecule has 3 aliphatic carbocycles. The molecule has 7 heteroatoms. The number of piperazine rings is 1. The highest BCUT2D eigenvalue weighted by Crippen LogP contribution is 2.56. The van der Waals surface area contributed by atoms with Crippen LogP contribution in [0, 0.1) is 17.8 Å². The largest absolute Gasteiger partial charge is 0.347 e. The maximum Gasteiger partial charge on any atom is 0.247 e. The number of nitrogens with zero attached hydrogens (tertiary/aromatic N) is 4. The van der Waals surface area contributed by atoms with Gasteiger partial charge >= 0.3 is 0 Å². The molecule has 0 bridgehead atoms. The van der Waals surface area contributed by atoms with Gasteiger partial charge in [-0.2, -0.15) is 0 Å². The van der Waals surface area contributed by atoms with E-state index in [1.54, 1.807) is 0 Å². The molecule has 170 valence electrons. The summed E-state index contributed by atoms with van der Waals surface area (Å²) in [7, 11) is 4.18. The molecule has 3 heterocycles. The van der Waals surface area contributed by atoms with Crippen LogP contribution in [0.4, 0.5) is 0 Å². The molecular weight excluding hydrogens is 400 g/mol. The van der Waals surface area contributed by atoms with Crippen molar-refractivity contribution in [2.45, 2.75) is 38.0 Å². The summed E-state index contributed by atoms with van der Waals surface area (Å²) in [5.41, 5.74) is 3.17. The third-order valence-corrected chi connectivity index (χ3v) is 8.08. The predicted molar refractivity (Wildman–Crippen MR) is 124 cm³/mol. The zero-order valence-electron chi connectivity index (χ0n) is 19.2. The van der Waals surface area contributed by atoms with Crippen molar-refractivity contribution in [1.82, 2.24) is 30.0 Å². The molecule has 0 aromatic carbocycles. The third kappa shape index (κ3) is 3.21. The maximum atomic E-state index is 13.1. The Morgan fingerprint density at radius 3 is 2.88 bits per heavy atom. The summed E-state index contributed by atoms with van der Waals surface area (Å²) in [6.07, 6.45) is 14.1. The summed E-state index contributed by atoms with van der Waals surface area (Å²) in [4.78, 5) is 23.2. The summed E-state index contributed by atoms with van der Waals surface area (Å²) in [6.45, 7) is 5.60. The van der Waals surface area contributed by atoms with Gasteiger partial charge in [-0.05, 0) is 38.8 Å². The van der Waals surface area contributed by atoms with E-state index in [1.807, 2.05) is 19.2 Å². The molecular formula is C25H34N6O. The molecule has 0 radical (unpaired) electrons. The number of aromatic nitrogens is 2. The predicted octanol–water partition coefficient (Wildman–Crippen LogP) is 1.38. The van der Waals surface area contributed by atoms with Gasteiger partial charge in [0, 0.05) is 50.6 Å². The lowest BCUT2D eigenvalue weighted by molar-refractivity contribution is -0.118. The average Bonchev–Trinajstić information content (AvgIpc) is 3.69. The number of likely N-dealkylation sites (N-methyl/N-ethyl adjacent to an activating group) is 1. The standard InChI is InChI=1S/C25H34N6O/c1-26-15-21-22(16-27-24(32)19-7-3-5-17-13-20(17)19)31-23(28-21)8-4-6-18-14-25(18,31)30-11-9-29(2)10-12-30/h3-7,17-18,20,26H,8-16H2,1-2H3,(H,27,32). The molecule has 4 atom stereocenters. The first-order valence-electron chi connectivity index (χ1n) is 12.1. The molecule has 1 saturated heterocycles. The summed E-state index contributed by atoms with van der Waals surface area (Å²) in [5, 5.41) is 6.56. The number of imidazole rings is 1. The lowest BCUT2D eigenvalue weighted by Crippen LogP contribution is -2.52. The van der Waals surface area contributed by atoms with Gasteiger partial charge in [0.25, 0.3) is 0 Å². The van der Waals surface area contributed by atoms with Crippen LogP contribution in [0.3, 0.4) is 0 Å². The number of hydrogen-bond acceptors (Lipinski definition) is 5. The summed E-state index contributed by atoms with van der Waals surface area (Å²) in [5.74, 6) is 2.74. The second-order valence-corrected chi connectivity index (χ2v) is 10.1. The maximum absolute atomic E-state index is 13.1. The first kappa shape index (κ1) is 20.4. The van der Waals surface area contributed by atoms with Crippen LogP contribution in [0.1, 0.15) is 30.1 Å². The summed E-state index contributed by atoms with van der Waals surface area (Å²) < 4.78 is 2.52. The van der Waals surface area contributed by atoms with Gasteiger partial charge in [0.05, 0.1) is 17.9 Å². The molecule has 2 N–H and O–H groups in total. The van der Waals surface area contributed by atoms with Crippen LogP contribution >= 0.6 is 0 Å². The van der Waals surface area contributed by atoms with E-state index in [2.05, 4.69) is 50.3 Å². The van der Waals surface area contributed by atoms with Crippen molar-refractivity contribution in [3.05, 3.63) is 53.2 Å². The average molecular weight is 435 g/mol. The van der Waals surface area contributed by atoms with Crippen LogP contribution in [0.15, 0.2) is 36.0 Å². The number of amides is 1. The van der Waals surface area contributed by atoms with Gasteiger partial charge in [0.1, 0.15) is 11.5 Å². The molecule has 1 aromatic rings.